The number of nitrogens with one attached hydrogen (secondary N) is 1. The molecule has 0 spiro atoms. The van der Waals surface area contributed by atoms with Crippen LogP contribution in [0.4, 0.5) is 0 Å². The lowest BCUT2D eigenvalue weighted by Crippen LogP contribution is -2.28. The Balaban J connectivity index is 2.28. The van der Waals surface area contributed by atoms with Crippen molar-refractivity contribution in [1.82, 2.24) is 4.72 Å². The number of unbranched alkanes of at least 4 members (excludes halogenated alkanes) is 5. The number of carbonyl (C=O) groups is 2. The summed E-state index contributed by atoms with van der Waals surface area (Å²) in [4.78, 5) is 22.5. The van der Waals surface area contributed by atoms with Crippen LogP contribution in [0.15, 0.2) is 24.3 Å². The number of carboxylic acids is 1. The minimum Gasteiger partial charge on any atom is -0.481 e. The Bertz CT molecular complexity index is 698. The zero-order chi connectivity index (χ0) is 20.8. The lowest BCUT2D eigenvalue weighted by Gasteiger charge is -2.07. The Kier molecular flexibility index (Phi) is 11.7. The highest BCUT2D eigenvalue weighted by atomic mass is 32.2. The van der Waals surface area contributed by atoms with Crippen molar-refractivity contribution in [2.45, 2.75) is 71.1 Å². The Labute approximate surface area is 168 Å². The van der Waals surface area contributed by atoms with Crippen molar-refractivity contribution < 1.29 is 23.1 Å². The van der Waals surface area contributed by atoms with Crippen LogP contribution in [0.2, 0.25) is 0 Å². The minimum atomic E-state index is -3.34. The predicted molar refractivity (Wildman–Crippen MR) is 111 cm³/mol. The molecule has 0 saturated carbocycles. The quantitative estimate of drug-likeness (QED) is 0.317. The van der Waals surface area contributed by atoms with Gasteiger partial charge in [-0.2, -0.15) is 0 Å². The van der Waals surface area contributed by atoms with Crippen LogP contribution < -0.4 is 4.72 Å². The second-order valence-electron chi connectivity index (χ2n) is 7.10. The summed E-state index contributed by atoms with van der Waals surface area (Å²) in [5.41, 5.74) is 1.58. The van der Waals surface area contributed by atoms with E-state index in [1.807, 2.05) is 12.1 Å². The number of carbonyl (C=O) groups excluding carboxylic acids is 1. The van der Waals surface area contributed by atoms with E-state index in [4.69, 9.17) is 5.11 Å². The van der Waals surface area contributed by atoms with Crippen LogP contribution in [0.5, 0.6) is 0 Å². The van der Waals surface area contributed by atoms with Crippen molar-refractivity contribution in [2.75, 3.05) is 12.3 Å². The fraction of sp³-hybridized carbons (Fsp3) is 0.619. The van der Waals surface area contributed by atoms with Gasteiger partial charge < -0.3 is 5.11 Å². The number of benzene rings is 1. The molecule has 0 saturated heterocycles. The van der Waals surface area contributed by atoms with Gasteiger partial charge in [-0.1, -0.05) is 56.9 Å². The van der Waals surface area contributed by atoms with Gasteiger partial charge in [-0.25, -0.2) is 13.1 Å². The van der Waals surface area contributed by atoms with E-state index in [1.54, 1.807) is 12.1 Å². The molecular formula is C21H33NO5S. The van der Waals surface area contributed by atoms with Crippen LogP contribution in [-0.2, 0) is 21.2 Å². The molecule has 1 aromatic carbocycles. The van der Waals surface area contributed by atoms with Crippen molar-refractivity contribution >= 4 is 21.8 Å². The molecule has 2 N–H and O–H groups in total. The Morgan fingerprint density at radius 3 is 2.21 bits per heavy atom. The van der Waals surface area contributed by atoms with Crippen molar-refractivity contribution in [3.63, 3.8) is 0 Å². The maximum absolute atomic E-state index is 12.1. The molecule has 6 nitrogen and oxygen atoms in total. The molecule has 1 aromatic rings. The van der Waals surface area contributed by atoms with Gasteiger partial charge in [-0.3, -0.25) is 9.59 Å². The highest BCUT2D eigenvalue weighted by Crippen LogP contribution is 2.11. The molecular weight excluding hydrogens is 378 g/mol. The lowest BCUT2D eigenvalue weighted by molar-refractivity contribution is -0.137. The van der Waals surface area contributed by atoms with Crippen molar-refractivity contribution in [1.29, 1.82) is 0 Å². The highest BCUT2D eigenvalue weighted by molar-refractivity contribution is 7.89. The fourth-order valence-corrected chi connectivity index (χ4v) is 3.95. The molecule has 0 unspecified atom stereocenters. The smallest absolute Gasteiger partial charge is 0.303 e. The van der Waals surface area contributed by atoms with E-state index in [0.29, 0.717) is 37.8 Å². The van der Waals surface area contributed by atoms with E-state index >= 15 is 0 Å². The fourth-order valence-electron chi connectivity index (χ4n) is 2.84. The predicted octanol–water partition coefficient (Wildman–Crippen LogP) is 3.95. The molecule has 0 atom stereocenters. The number of hydrogen-bond donors (Lipinski definition) is 2. The molecule has 7 heteroatoms. The van der Waals surface area contributed by atoms with Gasteiger partial charge in [0.1, 0.15) is 0 Å². The second-order valence-corrected chi connectivity index (χ2v) is 9.02. The number of rotatable bonds is 16. The molecule has 0 fully saturated rings. The van der Waals surface area contributed by atoms with Crippen LogP contribution in [0, 0.1) is 0 Å². The normalized spacial score (nSPS) is 11.5. The average Bonchev–Trinajstić information content (AvgIpc) is 2.66. The van der Waals surface area contributed by atoms with E-state index in [1.165, 1.54) is 0 Å². The van der Waals surface area contributed by atoms with Crippen LogP contribution in [0.25, 0.3) is 0 Å². The van der Waals surface area contributed by atoms with Gasteiger partial charge in [-0.15, -0.1) is 0 Å². The summed E-state index contributed by atoms with van der Waals surface area (Å²) in [5.74, 6) is -0.650. The highest BCUT2D eigenvalue weighted by Gasteiger charge is 2.11. The van der Waals surface area contributed by atoms with E-state index in [-0.39, 0.29) is 18.0 Å². The zero-order valence-electron chi connectivity index (χ0n) is 16.8. The van der Waals surface area contributed by atoms with Gasteiger partial charge in [0.25, 0.3) is 0 Å². The zero-order valence-corrected chi connectivity index (χ0v) is 17.6. The van der Waals surface area contributed by atoms with Gasteiger partial charge in [0.05, 0.1) is 5.75 Å². The number of carboxylic acid groups (broad SMARTS) is 1. The van der Waals surface area contributed by atoms with Crippen LogP contribution >= 0.6 is 0 Å². The summed E-state index contributed by atoms with van der Waals surface area (Å²) in [6.07, 6.45) is 7.08. The topological polar surface area (TPSA) is 101 Å². The van der Waals surface area contributed by atoms with E-state index in [2.05, 4.69) is 11.6 Å². The molecule has 0 aliphatic carbocycles. The van der Waals surface area contributed by atoms with Crippen molar-refractivity contribution in [3.05, 3.63) is 35.4 Å². The summed E-state index contributed by atoms with van der Waals surface area (Å²) in [7, 11) is -3.34. The van der Waals surface area contributed by atoms with Gasteiger partial charge in [0, 0.05) is 24.9 Å². The Morgan fingerprint density at radius 2 is 1.57 bits per heavy atom. The SMILES string of the molecule is CCCCCC(=O)c1ccc(CCS(=O)(=O)NCCCCCCC(=O)O)cc1. The number of aliphatic carboxylic acids is 1. The molecule has 0 bridgehead atoms. The number of aryl methyl sites for hydroxylation is 1. The third-order valence-corrected chi connectivity index (χ3v) is 5.97. The first kappa shape index (κ1) is 24.3. The lowest BCUT2D eigenvalue weighted by atomic mass is 10.0. The molecule has 0 aliphatic rings. The molecule has 0 aliphatic heterocycles. The summed E-state index contributed by atoms with van der Waals surface area (Å²) in [5, 5.41) is 8.55. The van der Waals surface area contributed by atoms with Gasteiger partial charge in [0.15, 0.2) is 5.78 Å². The summed E-state index contributed by atoms with van der Waals surface area (Å²) in [6, 6.07) is 7.21. The molecule has 0 radical (unpaired) electrons. The first-order chi connectivity index (χ1) is 13.3. The van der Waals surface area contributed by atoms with E-state index in [9.17, 15) is 18.0 Å². The first-order valence-corrected chi connectivity index (χ1v) is 11.8. The first-order valence-electron chi connectivity index (χ1n) is 10.2. The van der Waals surface area contributed by atoms with Gasteiger partial charge in [-0.05, 0) is 31.2 Å². The van der Waals surface area contributed by atoms with Crippen LogP contribution in [0.1, 0.15) is 80.6 Å². The molecule has 0 aromatic heterocycles. The van der Waals surface area contributed by atoms with Crippen molar-refractivity contribution in [3.8, 4) is 0 Å². The maximum Gasteiger partial charge on any atom is 0.303 e. The third kappa shape index (κ3) is 11.2. The monoisotopic (exact) mass is 411 g/mol. The third-order valence-electron chi connectivity index (χ3n) is 4.58. The summed E-state index contributed by atoms with van der Waals surface area (Å²) < 4.78 is 26.7. The second kappa shape index (κ2) is 13.4. The Morgan fingerprint density at radius 1 is 0.929 bits per heavy atom. The molecule has 1 rings (SSSR count). The molecule has 0 amide bonds. The number of ketones is 1. The van der Waals surface area contributed by atoms with E-state index in [0.717, 1.165) is 37.7 Å². The summed E-state index contributed by atoms with van der Waals surface area (Å²) >= 11 is 0. The van der Waals surface area contributed by atoms with E-state index < -0.39 is 16.0 Å². The largest absolute Gasteiger partial charge is 0.481 e. The number of sulfonamides is 1. The van der Waals surface area contributed by atoms with Crippen molar-refractivity contribution in [2.24, 2.45) is 0 Å². The number of Topliss-reactive ketones (excluding diaryl/α,β-unsaturated/α-hetero) is 1. The molecule has 158 valence electrons. The molecule has 28 heavy (non-hydrogen) atoms. The van der Waals surface area contributed by atoms with Crippen LogP contribution in [0.3, 0.4) is 0 Å². The Hall–Kier alpha value is -1.73. The van der Waals surface area contributed by atoms with Gasteiger partial charge >= 0.3 is 5.97 Å². The minimum absolute atomic E-state index is 0.00973. The maximum atomic E-state index is 12.1. The standard InChI is InChI=1S/C21H33NO5S/c1-2-3-6-9-20(23)19-13-11-18(12-14-19)15-17-28(26,27)22-16-8-5-4-7-10-21(24)25/h11-14,22H,2-10,15-17H2,1H3,(H,24,25). The molecule has 0 heterocycles. The average molecular weight is 412 g/mol. The number of hydrogen-bond acceptors (Lipinski definition) is 4. The van der Waals surface area contributed by atoms with Gasteiger partial charge in [0.2, 0.25) is 10.0 Å². The van der Waals surface area contributed by atoms with Crippen LogP contribution in [-0.4, -0.2) is 37.6 Å². The summed E-state index contributed by atoms with van der Waals surface area (Å²) in [6.45, 7) is 2.48.